The van der Waals surface area contributed by atoms with Crippen LogP contribution >= 0.6 is 0 Å². The van der Waals surface area contributed by atoms with Crippen molar-refractivity contribution >= 4 is 38.9 Å². The van der Waals surface area contributed by atoms with Gasteiger partial charge in [-0.2, -0.15) is 0 Å². The molecule has 1 aliphatic heterocycles. The third-order valence-corrected chi connectivity index (χ3v) is 5.67. The number of hydrogen-bond acceptors (Lipinski definition) is 4. The quantitative estimate of drug-likeness (QED) is 0.843. The van der Waals surface area contributed by atoms with Crippen molar-refractivity contribution in [1.29, 1.82) is 0 Å². The highest BCUT2D eigenvalue weighted by atomic mass is 32.2. The predicted octanol–water partition coefficient (Wildman–Crippen LogP) is 2.74. The molecular weight excluding hydrogens is 366 g/mol. The van der Waals surface area contributed by atoms with Crippen molar-refractivity contribution in [2.24, 2.45) is 0 Å². The van der Waals surface area contributed by atoms with Crippen molar-refractivity contribution in [2.75, 3.05) is 21.5 Å². The molecule has 7 nitrogen and oxygen atoms in total. The van der Waals surface area contributed by atoms with Crippen LogP contribution in [0.15, 0.2) is 47.4 Å². The molecule has 2 aromatic carbocycles. The molecule has 1 heterocycles. The smallest absolute Gasteiger partial charge is 0.261 e. The fraction of sp³-hybridized carbons (Fsp3) is 0.263. The number of carbonyl (C=O) groups is 2. The lowest BCUT2D eigenvalue weighted by Gasteiger charge is -2.28. The van der Waals surface area contributed by atoms with E-state index in [-0.39, 0.29) is 16.7 Å². The SMILES string of the molecule is CC(=O)Nc1cccc(NS(=O)(=O)c2ccc3c(c2)CCCN3C(C)=O)c1. The lowest BCUT2D eigenvalue weighted by atomic mass is 10.0. The van der Waals surface area contributed by atoms with Crippen molar-refractivity contribution < 1.29 is 18.0 Å². The van der Waals surface area contributed by atoms with Crippen molar-refractivity contribution in [1.82, 2.24) is 0 Å². The molecule has 0 aliphatic carbocycles. The van der Waals surface area contributed by atoms with E-state index in [4.69, 9.17) is 0 Å². The van der Waals surface area contributed by atoms with Crippen molar-refractivity contribution in [2.45, 2.75) is 31.6 Å². The number of aryl methyl sites for hydroxylation is 1. The van der Waals surface area contributed by atoms with Gasteiger partial charge in [-0.1, -0.05) is 6.07 Å². The summed E-state index contributed by atoms with van der Waals surface area (Å²) in [5.41, 5.74) is 2.46. The van der Waals surface area contributed by atoms with E-state index >= 15 is 0 Å². The molecule has 0 atom stereocenters. The minimum absolute atomic E-state index is 0.0560. The highest BCUT2D eigenvalue weighted by Gasteiger charge is 2.23. The van der Waals surface area contributed by atoms with Gasteiger partial charge in [0.05, 0.1) is 10.6 Å². The monoisotopic (exact) mass is 387 g/mol. The number of fused-ring (bicyclic) bond motifs is 1. The van der Waals surface area contributed by atoms with E-state index in [2.05, 4.69) is 10.0 Å². The van der Waals surface area contributed by atoms with Crippen LogP contribution in [-0.4, -0.2) is 26.8 Å². The lowest BCUT2D eigenvalue weighted by Crippen LogP contribution is -2.33. The van der Waals surface area contributed by atoms with E-state index in [1.807, 2.05) is 0 Å². The van der Waals surface area contributed by atoms with Crippen molar-refractivity contribution in [3.63, 3.8) is 0 Å². The van der Waals surface area contributed by atoms with Gasteiger partial charge in [-0.15, -0.1) is 0 Å². The first-order valence-corrected chi connectivity index (χ1v) is 10.1. The van der Waals surface area contributed by atoms with Gasteiger partial charge in [-0.3, -0.25) is 14.3 Å². The topological polar surface area (TPSA) is 95.6 Å². The van der Waals surface area contributed by atoms with Gasteiger partial charge in [0, 0.05) is 31.8 Å². The molecule has 27 heavy (non-hydrogen) atoms. The maximum atomic E-state index is 12.8. The maximum Gasteiger partial charge on any atom is 0.261 e. The Morgan fingerprint density at radius 3 is 2.48 bits per heavy atom. The molecule has 2 amide bonds. The predicted molar refractivity (Wildman–Crippen MR) is 104 cm³/mol. The second-order valence-electron chi connectivity index (χ2n) is 6.43. The molecule has 2 N–H and O–H groups in total. The van der Waals surface area contributed by atoms with Crippen LogP contribution in [0.1, 0.15) is 25.8 Å². The standard InChI is InChI=1S/C19H21N3O4S/c1-13(23)20-16-6-3-7-17(12-16)21-27(25,26)18-8-9-19-15(11-18)5-4-10-22(19)14(2)24/h3,6-9,11-12,21H,4-5,10H2,1-2H3,(H,20,23). The summed E-state index contributed by atoms with van der Waals surface area (Å²) in [4.78, 5) is 24.7. The zero-order valence-corrected chi connectivity index (χ0v) is 16.0. The van der Waals surface area contributed by atoms with Crippen LogP contribution < -0.4 is 14.9 Å². The highest BCUT2D eigenvalue weighted by Crippen LogP contribution is 2.30. The molecule has 8 heteroatoms. The third-order valence-electron chi connectivity index (χ3n) is 4.30. The summed E-state index contributed by atoms with van der Waals surface area (Å²) in [5, 5.41) is 2.62. The van der Waals surface area contributed by atoms with Crippen LogP contribution in [0.3, 0.4) is 0 Å². The number of hydrogen-bond donors (Lipinski definition) is 2. The first-order valence-electron chi connectivity index (χ1n) is 8.58. The Morgan fingerprint density at radius 2 is 1.78 bits per heavy atom. The van der Waals surface area contributed by atoms with E-state index in [0.29, 0.717) is 17.9 Å². The minimum atomic E-state index is -3.80. The molecule has 0 radical (unpaired) electrons. The average molecular weight is 387 g/mol. The second kappa shape index (κ2) is 7.40. The summed E-state index contributed by atoms with van der Waals surface area (Å²) in [7, 11) is -3.80. The van der Waals surface area contributed by atoms with Crippen LogP contribution in [0, 0.1) is 0 Å². The van der Waals surface area contributed by atoms with E-state index in [1.165, 1.54) is 19.9 Å². The van der Waals surface area contributed by atoms with E-state index < -0.39 is 10.0 Å². The summed E-state index contributed by atoms with van der Waals surface area (Å²) in [6.45, 7) is 3.53. The number of benzene rings is 2. The zero-order valence-electron chi connectivity index (χ0n) is 15.2. The molecule has 3 rings (SSSR count). The minimum Gasteiger partial charge on any atom is -0.326 e. The van der Waals surface area contributed by atoms with Crippen molar-refractivity contribution in [3.8, 4) is 0 Å². The van der Waals surface area contributed by atoms with Gasteiger partial charge >= 0.3 is 0 Å². The van der Waals surface area contributed by atoms with Gasteiger partial charge < -0.3 is 10.2 Å². The van der Waals surface area contributed by atoms with E-state index in [1.54, 1.807) is 41.3 Å². The van der Waals surface area contributed by atoms with Gasteiger partial charge in [0.1, 0.15) is 0 Å². The Labute approximate surface area is 158 Å². The summed E-state index contributed by atoms with van der Waals surface area (Å²) in [6, 6.07) is 11.3. The largest absolute Gasteiger partial charge is 0.326 e. The molecular formula is C19H21N3O4S. The Balaban J connectivity index is 1.88. The number of nitrogens with zero attached hydrogens (tertiary/aromatic N) is 1. The molecule has 2 aromatic rings. The van der Waals surface area contributed by atoms with Crippen molar-refractivity contribution in [3.05, 3.63) is 48.0 Å². The zero-order chi connectivity index (χ0) is 19.6. The molecule has 142 valence electrons. The molecule has 0 bridgehead atoms. The van der Waals surface area contributed by atoms with E-state index in [0.717, 1.165) is 24.1 Å². The van der Waals surface area contributed by atoms with Crippen LogP contribution in [0.2, 0.25) is 0 Å². The van der Waals surface area contributed by atoms with Crippen LogP contribution in [0.4, 0.5) is 17.1 Å². The molecule has 0 unspecified atom stereocenters. The first kappa shape index (κ1) is 18.9. The summed E-state index contributed by atoms with van der Waals surface area (Å²) in [6.07, 6.45) is 1.52. The fourth-order valence-electron chi connectivity index (χ4n) is 3.15. The number of anilines is 3. The van der Waals surface area contributed by atoms with Gasteiger partial charge in [0.2, 0.25) is 11.8 Å². The summed E-state index contributed by atoms with van der Waals surface area (Å²) in [5.74, 6) is -0.292. The first-order chi connectivity index (χ1) is 12.8. The highest BCUT2D eigenvalue weighted by molar-refractivity contribution is 7.92. The Kier molecular flexibility index (Phi) is 5.18. The average Bonchev–Trinajstić information content (AvgIpc) is 2.60. The molecule has 0 fully saturated rings. The molecule has 1 aliphatic rings. The van der Waals surface area contributed by atoms with Gasteiger partial charge in [-0.05, 0) is 54.8 Å². The molecule has 0 saturated heterocycles. The number of amides is 2. The van der Waals surface area contributed by atoms with Gasteiger partial charge in [0.25, 0.3) is 10.0 Å². The number of nitrogens with one attached hydrogen (secondary N) is 2. The normalized spacial score (nSPS) is 13.6. The Morgan fingerprint density at radius 1 is 1.04 bits per heavy atom. The fourth-order valence-corrected chi connectivity index (χ4v) is 4.25. The second-order valence-corrected chi connectivity index (χ2v) is 8.11. The van der Waals surface area contributed by atoms with Gasteiger partial charge in [-0.25, -0.2) is 8.42 Å². The maximum absolute atomic E-state index is 12.8. The number of sulfonamides is 1. The van der Waals surface area contributed by atoms with E-state index in [9.17, 15) is 18.0 Å². The Hall–Kier alpha value is -2.87. The molecule has 0 spiro atoms. The van der Waals surface area contributed by atoms with Gasteiger partial charge in [0.15, 0.2) is 0 Å². The lowest BCUT2D eigenvalue weighted by molar-refractivity contribution is -0.116. The summed E-state index contributed by atoms with van der Waals surface area (Å²) >= 11 is 0. The number of carbonyl (C=O) groups excluding carboxylic acids is 2. The number of rotatable bonds is 4. The van der Waals surface area contributed by atoms with Crippen LogP contribution in [0.5, 0.6) is 0 Å². The molecule has 0 aromatic heterocycles. The van der Waals surface area contributed by atoms with Crippen LogP contribution in [0.25, 0.3) is 0 Å². The Bertz CT molecular complexity index is 1000. The third kappa shape index (κ3) is 4.28. The summed E-state index contributed by atoms with van der Waals surface area (Å²) < 4.78 is 28.0. The van der Waals surface area contributed by atoms with Crippen LogP contribution in [-0.2, 0) is 26.0 Å². The molecule has 0 saturated carbocycles.